The molecule has 0 aliphatic carbocycles. The molecule has 2 aromatic carbocycles. The molecule has 0 spiro atoms. The van der Waals surface area contributed by atoms with Gasteiger partial charge in [0.15, 0.2) is 0 Å². The van der Waals surface area contributed by atoms with Gasteiger partial charge in [-0.1, -0.05) is 35.4 Å². The van der Waals surface area contributed by atoms with E-state index in [9.17, 15) is 51.1 Å². The molecule has 1 saturated heterocycles. The van der Waals surface area contributed by atoms with E-state index in [1.807, 2.05) is 38.1 Å². The lowest BCUT2D eigenvalue weighted by atomic mass is 10.0. The van der Waals surface area contributed by atoms with Crippen molar-refractivity contribution in [1.29, 1.82) is 0 Å². The van der Waals surface area contributed by atoms with Gasteiger partial charge in [0.05, 0.1) is 25.4 Å². The van der Waals surface area contributed by atoms with Crippen molar-refractivity contribution >= 4 is 0 Å². The van der Waals surface area contributed by atoms with Gasteiger partial charge < -0.3 is 77.2 Å². The van der Waals surface area contributed by atoms with E-state index in [1.165, 1.54) is 0 Å². The summed E-state index contributed by atoms with van der Waals surface area (Å²) >= 11 is 0. The molecular weight excluding hydrogens is 718 g/mol. The zero-order chi connectivity index (χ0) is 40.7. The van der Waals surface area contributed by atoms with Crippen LogP contribution >= 0.6 is 0 Å². The number of hydrogen-bond acceptors (Lipinski definition) is 17. The van der Waals surface area contributed by atoms with Gasteiger partial charge in [-0.3, -0.25) is 9.80 Å². The van der Waals surface area contributed by atoms with Gasteiger partial charge in [0.1, 0.15) is 48.1 Å². The van der Waals surface area contributed by atoms with Gasteiger partial charge in [-0.05, 0) is 52.9 Å². The van der Waals surface area contributed by atoms with Crippen molar-refractivity contribution in [1.82, 2.24) is 25.8 Å². The number of phenolic OH excluding ortho intramolecular Hbond substituents is 2. The maximum atomic E-state index is 11.2. The highest BCUT2D eigenvalue weighted by Gasteiger charge is 2.31. The van der Waals surface area contributed by atoms with E-state index in [4.69, 9.17) is 10.2 Å². The molecule has 1 fully saturated rings. The fraction of sp³-hybridized carbons (Fsp3) is 0.684. The third kappa shape index (κ3) is 14.7. The van der Waals surface area contributed by atoms with E-state index in [0.717, 1.165) is 74.4 Å². The minimum atomic E-state index is -1.72. The SMILES string of the molecule is Cc1cc(CNCC(O)C(O)C(O)C(O)CO)c(O)c(CN2CCCNCCN(Cc3cc(C)cc(CNCC(O)C(O)C(O)C(O)CO)c3O)CCC2)c1. The zero-order valence-electron chi connectivity index (χ0n) is 32.0. The van der Waals surface area contributed by atoms with Crippen LogP contribution < -0.4 is 16.0 Å². The van der Waals surface area contributed by atoms with E-state index in [0.29, 0.717) is 24.2 Å². The van der Waals surface area contributed by atoms with Crippen LogP contribution in [0.2, 0.25) is 0 Å². The van der Waals surface area contributed by atoms with Crippen LogP contribution in [0.4, 0.5) is 0 Å². The molecule has 0 aromatic heterocycles. The van der Waals surface area contributed by atoms with Crippen molar-refractivity contribution in [3.63, 3.8) is 0 Å². The first kappa shape index (κ1) is 46.8. The summed E-state index contributed by atoms with van der Waals surface area (Å²) in [6.45, 7) is 8.07. The van der Waals surface area contributed by atoms with Crippen LogP contribution in [0, 0.1) is 13.8 Å². The first-order valence-electron chi connectivity index (χ1n) is 19.0. The molecule has 3 rings (SSSR count). The lowest BCUT2D eigenvalue weighted by Crippen LogP contribution is -2.48. The quantitative estimate of drug-likeness (QED) is 0.0619. The van der Waals surface area contributed by atoms with Gasteiger partial charge in [-0.25, -0.2) is 0 Å². The number of rotatable bonds is 20. The minimum Gasteiger partial charge on any atom is -0.507 e. The number of aliphatic hydroxyl groups is 10. The molecule has 0 bridgehead atoms. The molecule has 2 aromatic rings. The highest BCUT2D eigenvalue weighted by Crippen LogP contribution is 2.28. The van der Waals surface area contributed by atoms with Crippen molar-refractivity contribution in [3.8, 4) is 11.5 Å². The fourth-order valence-electron chi connectivity index (χ4n) is 6.79. The van der Waals surface area contributed by atoms with Crippen LogP contribution in [0.3, 0.4) is 0 Å². The Kier molecular flexibility index (Phi) is 20.1. The second-order valence-corrected chi connectivity index (χ2v) is 14.7. The number of benzene rings is 2. The number of aliphatic hydroxyl groups excluding tert-OH is 10. The number of phenols is 2. The predicted octanol–water partition coefficient (Wildman–Crippen LogP) is -3.55. The third-order valence-corrected chi connectivity index (χ3v) is 9.98. The summed E-state index contributed by atoms with van der Waals surface area (Å²) in [5.74, 6) is 0.249. The van der Waals surface area contributed by atoms with Gasteiger partial charge >= 0.3 is 0 Å². The number of nitrogens with zero attached hydrogens (tertiary/aromatic N) is 2. The maximum Gasteiger partial charge on any atom is 0.124 e. The summed E-state index contributed by atoms with van der Waals surface area (Å²) in [6.07, 6.45) is -11.1. The first-order chi connectivity index (χ1) is 26.2. The molecule has 0 radical (unpaired) electrons. The third-order valence-electron chi connectivity index (χ3n) is 9.98. The molecule has 55 heavy (non-hydrogen) atoms. The monoisotopic (exact) mass is 783 g/mol. The number of aromatic hydroxyl groups is 2. The topological polar surface area (TPSA) is 285 Å². The van der Waals surface area contributed by atoms with Gasteiger partial charge in [-0.15, -0.1) is 0 Å². The molecule has 0 saturated carbocycles. The Balaban J connectivity index is 1.60. The Morgan fingerprint density at radius 3 is 1.36 bits per heavy atom. The Hall–Kier alpha value is -2.56. The van der Waals surface area contributed by atoms with E-state index in [1.54, 1.807) is 0 Å². The average molecular weight is 784 g/mol. The van der Waals surface area contributed by atoms with Crippen LogP contribution in [-0.2, 0) is 26.2 Å². The number of aryl methyl sites for hydroxylation is 2. The Labute approximate surface area is 323 Å². The average Bonchev–Trinajstić information content (AvgIpc) is 3.21. The lowest BCUT2D eigenvalue weighted by Gasteiger charge is -2.27. The summed E-state index contributed by atoms with van der Waals surface area (Å²) < 4.78 is 0. The van der Waals surface area contributed by atoms with E-state index >= 15 is 0 Å². The van der Waals surface area contributed by atoms with Gasteiger partial charge in [0.2, 0.25) is 0 Å². The van der Waals surface area contributed by atoms with E-state index < -0.39 is 62.0 Å². The second-order valence-electron chi connectivity index (χ2n) is 14.7. The highest BCUT2D eigenvalue weighted by molar-refractivity contribution is 5.44. The molecular formula is C38H65N5O12. The molecule has 1 aliphatic rings. The van der Waals surface area contributed by atoms with Crippen molar-refractivity contribution in [3.05, 3.63) is 57.6 Å². The van der Waals surface area contributed by atoms with Crippen LogP contribution in [0.1, 0.15) is 46.2 Å². The van der Waals surface area contributed by atoms with Crippen molar-refractivity contribution in [2.24, 2.45) is 0 Å². The Morgan fingerprint density at radius 1 is 0.545 bits per heavy atom. The Morgan fingerprint density at radius 2 is 0.927 bits per heavy atom. The summed E-state index contributed by atoms with van der Waals surface area (Å²) in [4.78, 5) is 4.58. The van der Waals surface area contributed by atoms with E-state index in [2.05, 4.69) is 25.8 Å². The molecule has 0 amide bonds. The van der Waals surface area contributed by atoms with E-state index in [-0.39, 0.29) is 37.7 Å². The molecule has 8 atom stereocenters. The summed E-state index contributed by atoms with van der Waals surface area (Å²) in [7, 11) is 0. The molecule has 8 unspecified atom stereocenters. The smallest absolute Gasteiger partial charge is 0.124 e. The van der Waals surface area contributed by atoms with Gasteiger partial charge in [0, 0.05) is 74.6 Å². The van der Waals surface area contributed by atoms with Gasteiger partial charge in [0.25, 0.3) is 0 Å². The normalized spacial score (nSPS) is 19.9. The highest BCUT2D eigenvalue weighted by atomic mass is 16.4. The minimum absolute atomic E-state index is 0.122. The summed E-state index contributed by atoms with van der Waals surface area (Å²) in [5.41, 5.74) is 4.59. The van der Waals surface area contributed by atoms with Crippen molar-refractivity contribution < 1.29 is 61.3 Å². The van der Waals surface area contributed by atoms with Gasteiger partial charge in [-0.2, -0.15) is 0 Å². The number of nitrogens with one attached hydrogen (secondary N) is 3. The Bertz CT molecular complexity index is 1320. The summed E-state index contributed by atoms with van der Waals surface area (Å²) in [5, 5.41) is 130. The molecule has 15 N–H and O–H groups in total. The van der Waals surface area contributed by atoms with Crippen molar-refractivity contribution in [2.75, 3.05) is 65.6 Å². The van der Waals surface area contributed by atoms with Crippen molar-refractivity contribution in [2.45, 2.75) is 102 Å². The van der Waals surface area contributed by atoms with Crippen LogP contribution in [0.15, 0.2) is 24.3 Å². The zero-order valence-corrected chi connectivity index (χ0v) is 32.0. The standard InChI is InChI=1S/C38H65N5O12/c1-23-11-25(15-40-17-29(46)35(52)37(54)31(48)21-44)33(50)27(13-23)19-42-7-3-5-39-6-10-43(9-4-8-42)20-28-14-24(2)12-26(34(28)51)16-41-18-30(47)36(53)38(55)32(49)22-45/h11-14,29-32,35-41,44-55H,3-10,15-22H2,1-2H3. The van der Waals surface area contributed by atoms with Crippen LogP contribution in [0.25, 0.3) is 0 Å². The fourth-order valence-corrected chi connectivity index (χ4v) is 6.79. The molecule has 1 heterocycles. The predicted molar refractivity (Wildman–Crippen MR) is 204 cm³/mol. The largest absolute Gasteiger partial charge is 0.507 e. The molecule has 17 heteroatoms. The maximum absolute atomic E-state index is 11.2. The molecule has 314 valence electrons. The first-order valence-corrected chi connectivity index (χ1v) is 19.0. The molecule has 17 nitrogen and oxygen atoms in total. The number of hydrogen-bond donors (Lipinski definition) is 15. The lowest BCUT2D eigenvalue weighted by molar-refractivity contribution is -0.114. The van der Waals surface area contributed by atoms with Crippen LogP contribution in [-0.4, -0.2) is 185 Å². The second kappa shape index (κ2) is 23.6. The van der Waals surface area contributed by atoms with Crippen LogP contribution in [0.5, 0.6) is 11.5 Å². The molecule has 1 aliphatic heterocycles. The summed E-state index contributed by atoms with van der Waals surface area (Å²) in [6, 6.07) is 7.55.